The number of H-pyrrole nitrogens is 1. The largest absolute Gasteiger partial charge is 0.484 e. The first-order valence-electron chi connectivity index (χ1n) is 8.77. The molecule has 0 saturated heterocycles. The van der Waals surface area contributed by atoms with Crippen molar-refractivity contribution in [1.29, 1.82) is 0 Å². The molecule has 0 spiro atoms. The predicted molar refractivity (Wildman–Crippen MR) is 109 cm³/mol. The lowest BCUT2D eigenvalue weighted by Gasteiger charge is -2.27. The van der Waals surface area contributed by atoms with Gasteiger partial charge in [0.05, 0.1) is 6.04 Å². The van der Waals surface area contributed by atoms with Crippen molar-refractivity contribution in [1.82, 2.24) is 9.88 Å². The summed E-state index contributed by atoms with van der Waals surface area (Å²) in [6.07, 6.45) is 2.00. The molecule has 2 aromatic heterocycles. The Hall–Kier alpha value is -3.05. The van der Waals surface area contributed by atoms with E-state index in [0.717, 1.165) is 21.3 Å². The third-order valence-electron chi connectivity index (χ3n) is 4.61. The molecule has 27 heavy (non-hydrogen) atoms. The number of aromatic amines is 1. The maximum atomic E-state index is 12.9. The number of hydrogen-bond acceptors (Lipinski definition) is 3. The zero-order valence-corrected chi connectivity index (χ0v) is 15.8. The number of thiophene rings is 1. The SMILES string of the molecule is CN(C(=O)COc1ccccc1)[C@@H](c1cccs1)c1c[nH]c2ccccc12. The number of aromatic nitrogens is 1. The highest BCUT2D eigenvalue weighted by molar-refractivity contribution is 7.10. The van der Waals surface area contributed by atoms with Gasteiger partial charge in [0.25, 0.3) is 5.91 Å². The fourth-order valence-corrected chi connectivity index (χ4v) is 4.11. The van der Waals surface area contributed by atoms with Gasteiger partial charge in [0.2, 0.25) is 0 Å². The summed E-state index contributed by atoms with van der Waals surface area (Å²) < 4.78 is 5.67. The first-order chi connectivity index (χ1) is 13.2. The molecule has 4 nitrogen and oxygen atoms in total. The maximum absolute atomic E-state index is 12.9. The average Bonchev–Trinajstić information content (AvgIpc) is 3.38. The molecular weight excluding hydrogens is 356 g/mol. The van der Waals surface area contributed by atoms with Crippen LogP contribution in [0.1, 0.15) is 16.5 Å². The molecule has 0 radical (unpaired) electrons. The molecule has 0 aliphatic rings. The smallest absolute Gasteiger partial charge is 0.261 e. The molecule has 0 unspecified atom stereocenters. The minimum Gasteiger partial charge on any atom is -0.484 e. The van der Waals surface area contributed by atoms with E-state index < -0.39 is 0 Å². The van der Waals surface area contributed by atoms with E-state index in [1.165, 1.54) is 0 Å². The van der Waals surface area contributed by atoms with Gasteiger partial charge in [-0.3, -0.25) is 4.79 Å². The predicted octanol–water partition coefficient (Wildman–Crippen LogP) is 4.86. The zero-order chi connectivity index (χ0) is 18.6. The summed E-state index contributed by atoms with van der Waals surface area (Å²) in [5, 5.41) is 3.16. The zero-order valence-electron chi connectivity index (χ0n) is 15.0. The number of amides is 1. The second kappa shape index (κ2) is 7.68. The van der Waals surface area contributed by atoms with Crippen molar-refractivity contribution in [2.24, 2.45) is 0 Å². The minimum absolute atomic E-state index is 0.00471. The number of rotatable bonds is 6. The standard InChI is InChI=1S/C22H20N2O2S/c1-24(21(25)15-26-16-8-3-2-4-9-16)22(20-12-7-13-27-20)18-14-23-19-11-6-5-10-17(18)19/h2-14,22-23H,15H2,1H3/t22-/m1/s1. The molecular formula is C22H20N2O2S. The van der Waals surface area contributed by atoms with Crippen LogP contribution < -0.4 is 4.74 Å². The van der Waals surface area contributed by atoms with Crippen molar-refractivity contribution in [3.63, 3.8) is 0 Å². The lowest BCUT2D eigenvalue weighted by molar-refractivity contribution is -0.133. The van der Waals surface area contributed by atoms with Crippen LogP contribution in [0.25, 0.3) is 10.9 Å². The molecule has 4 rings (SSSR count). The minimum atomic E-state index is -0.159. The van der Waals surface area contributed by atoms with Gasteiger partial charge in [-0.1, -0.05) is 42.5 Å². The molecule has 136 valence electrons. The van der Waals surface area contributed by atoms with Gasteiger partial charge in [-0.25, -0.2) is 0 Å². The third-order valence-corrected chi connectivity index (χ3v) is 5.54. The van der Waals surface area contributed by atoms with E-state index in [1.54, 1.807) is 16.2 Å². The summed E-state index contributed by atoms with van der Waals surface area (Å²) in [4.78, 5) is 19.1. The average molecular weight is 376 g/mol. The molecule has 1 atom stereocenters. The Morgan fingerprint density at radius 2 is 1.85 bits per heavy atom. The van der Waals surface area contributed by atoms with Crippen molar-refractivity contribution in [3.05, 3.63) is 88.7 Å². The first-order valence-corrected chi connectivity index (χ1v) is 9.65. The number of ether oxygens (including phenoxy) is 1. The maximum Gasteiger partial charge on any atom is 0.261 e. The van der Waals surface area contributed by atoms with Crippen LogP contribution >= 0.6 is 11.3 Å². The summed E-state index contributed by atoms with van der Waals surface area (Å²) >= 11 is 1.65. The molecule has 0 saturated carbocycles. The number of para-hydroxylation sites is 2. The lowest BCUT2D eigenvalue weighted by Crippen LogP contribution is -2.35. The van der Waals surface area contributed by atoms with E-state index in [-0.39, 0.29) is 18.6 Å². The number of fused-ring (bicyclic) bond motifs is 1. The quantitative estimate of drug-likeness (QED) is 0.522. The van der Waals surface area contributed by atoms with Crippen molar-refractivity contribution in [3.8, 4) is 5.75 Å². The summed E-state index contributed by atoms with van der Waals surface area (Å²) in [7, 11) is 1.84. The molecule has 1 amide bonds. The number of carbonyl (C=O) groups excluding carboxylic acids is 1. The molecule has 0 bridgehead atoms. The summed E-state index contributed by atoms with van der Waals surface area (Å²) in [5.41, 5.74) is 2.15. The second-order valence-electron chi connectivity index (χ2n) is 6.31. The molecule has 1 N–H and O–H groups in total. The Balaban J connectivity index is 1.62. The van der Waals surface area contributed by atoms with Gasteiger partial charge in [-0.2, -0.15) is 0 Å². The summed E-state index contributed by atoms with van der Waals surface area (Å²) in [5.74, 6) is 0.626. The van der Waals surface area contributed by atoms with E-state index >= 15 is 0 Å². The number of likely N-dealkylation sites (N-methyl/N-ethyl adjacent to an activating group) is 1. The van der Waals surface area contributed by atoms with Gasteiger partial charge in [0.1, 0.15) is 5.75 Å². The topological polar surface area (TPSA) is 45.3 Å². The van der Waals surface area contributed by atoms with Crippen molar-refractivity contribution in [2.45, 2.75) is 6.04 Å². The van der Waals surface area contributed by atoms with Crippen LogP contribution in [-0.2, 0) is 4.79 Å². The number of nitrogens with one attached hydrogen (secondary N) is 1. The molecule has 0 aliphatic heterocycles. The molecule has 4 aromatic rings. The van der Waals surface area contributed by atoms with Gasteiger partial charge in [-0.05, 0) is 29.6 Å². The van der Waals surface area contributed by atoms with Crippen LogP contribution in [-0.4, -0.2) is 29.4 Å². The van der Waals surface area contributed by atoms with Gasteiger partial charge >= 0.3 is 0 Å². The molecule has 0 fully saturated rings. The van der Waals surface area contributed by atoms with E-state index in [0.29, 0.717) is 5.75 Å². The fourth-order valence-electron chi connectivity index (χ4n) is 3.23. The van der Waals surface area contributed by atoms with E-state index in [1.807, 2.05) is 73.2 Å². The Kier molecular flexibility index (Phi) is 4.94. The van der Waals surface area contributed by atoms with Crippen LogP contribution in [0.4, 0.5) is 0 Å². The fraction of sp³-hybridized carbons (Fsp3) is 0.136. The number of benzene rings is 2. The summed E-state index contributed by atoms with van der Waals surface area (Å²) in [6.45, 7) is 0.00471. The highest BCUT2D eigenvalue weighted by Crippen LogP contribution is 2.35. The normalized spacial score (nSPS) is 12.0. The van der Waals surface area contributed by atoms with E-state index in [4.69, 9.17) is 4.74 Å². The Morgan fingerprint density at radius 3 is 2.63 bits per heavy atom. The Labute approximate surface area is 162 Å². The third kappa shape index (κ3) is 3.59. The van der Waals surface area contributed by atoms with Crippen LogP contribution in [0.15, 0.2) is 78.3 Å². The van der Waals surface area contributed by atoms with Gasteiger partial charge < -0.3 is 14.6 Å². The number of carbonyl (C=O) groups is 1. The van der Waals surface area contributed by atoms with E-state index in [2.05, 4.69) is 17.1 Å². The molecule has 2 aromatic carbocycles. The highest BCUT2D eigenvalue weighted by atomic mass is 32.1. The molecule has 0 aliphatic carbocycles. The van der Waals surface area contributed by atoms with Crippen LogP contribution in [0.2, 0.25) is 0 Å². The first kappa shape index (κ1) is 17.4. The van der Waals surface area contributed by atoms with Crippen LogP contribution in [0.5, 0.6) is 5.75 Å². The second-order valence-corrected chi connectivity index (χ2v) is 7.29. The Morgan fingerprint density at radius 1 is 1.07 bits per heavy atom. The van der Waals surface area contributed by atoms with Gasteiger partial charge in [0, 0.05) is 34.6 Å². The van der Waals surface area contributed by atoms with Crippen LogP contribution in [0, 0.1) is 0 Å². The van der Waals surface area contributed by atoms with Crippen LogP contribution in [0.3, 0.4) is 0 Å². The Bertz CT molecular complexity index is 1020. The van der Waals surface area contributed by atoms with E-state index in [9.17, 15) is 4.79 Å². The molecule has 5 heteroatoms. The van der Waals surface area contributed by atoms with Crippen molar-refractivity contribution < 1.29 is 9.53 Å². The van der Waals surface area contributed by atoms with Crippen molar-refractivity contribution >= 4 is 28.1 Å². The lowest BCUT2D eigenvalue weighted by atomic mass is 10.0. The number of hydrogen-bond donors (Lipinski definition) is 1. The van der Waals surface area contributed by atoms with Gasteiger partial charge in [-0.15, -0.1) is 11.3 Å². The summed E-state index contributed by atoms with van der Waals surface area (Å²) in [6, 6.07) is 21.5. The molecule has 2 heterocycles. The van der Waals surface area contributed by atoms with Gasteiger partial charge in [0.15, 0.2) is 6.61 Å². The monoisotopic (exact) mass is 376 g/mol. The highest BCUT2D eigenvalue weighted by Gasteiger charge is 2.27. The number of nitrogens with zero attached hydrogens (tertiary/aromatic N) is 1. The van der Waals surface area contributed by atoms with Crippen molar-refractivity contribution in [2.75, 3.05) is 13.7 Å².